The Morgan fingerprint density at radius 1 is 1.00 bits per heavy atom. The van der Waals surface area contributed by atoms with Gasteiger partial charge < -0.3 is 9.64 Å². The molecule has 2 aliphatic rings. The van der Waals surface area contributed by atoms with Crippen LogP contribution in [-0.4, -0.2) is 38.1 Å². The summed E-state index contributed by atoms with van der Waals surface area (Å²) in [5.74, 6) is -1.05. The van der Waals surface area contributed by atoms with Gasteiger partial charge in [0, 0.05) is 19.3 Å². The monoisotopic (exact) mass is 496 g/mol. The molecule has 6 nitrogen and oxygen atoms in total. The Kier molecular flexibility index (Phi) is 6.91. The minimum absolute atomic E-state index is 0.133. The van der Waals surface area contributed by atoms with Crippen LogP contribution in [0.3, 0.4) is 0 Å². The first-order valence-corrected chi connectivity index (χ1v) is 12.7. The maximum absolute atomic E-state index is 13.9. The van der Waals surface area contributed by atoms with Crippen molar-refractivity contribution in [3.05, 3.63) is 54.1 Å². The number of rotatable bonds is 5. The third kappa shape index (κ3) is 5.07. The summed E-state index contributed by atoms with van der Waals surface area (Å²) in [6.45, 7) is -0.133. The number of sulfonamides is 1. The summed E-state index contributed by atoms with van der Waals surface area (Å²) >= 11 is 0. The van der Waals surface area contributed by atoms with Crippen LogP contribution in [0, 0.1) is 5.92 Å². The fourth-order valence-electron chi connectivity index (χ4n) is 4.92. The Morgan fingerprint density at radius 2 is 1.65 bits per heavy atom. The molecule has 1 saturated carbocycles. The van der Waals surface area contributed by atoms with E-state index < -0.39 is 39.0 Å². The van der Waals surface area contributed by atoms with Crippen LogP contribution < -0.4 is 9.64 Å². The van der Waals surface area contributed by atoms with E-state index in [1.54, 1.807) is 31.3 Å². The molecule has 1 heterocycles. The number of alkyl halides is 3. The number of ether oxygens (including phenoxy) is 1. The molecule has 184 valence electrons. The van der Waals surface area contributed by atoms with Gasteiger partial charge in [0.2, 0.25) is 15.9 Å². The van der Waals surface area contributed by atoms with Gasteiger partial charge in [-0.15, -0.1) is 13.2 Å². The van der Waals surface area contributed by atoms with Crippen LogP contribution in [-0.2, 0) is 21.4 Å². The Balaban J connectivity index is 1.81. The highest BCUT2D eigenvalue weighted by Crippen LogP contribution is 2.38. The van der Waals surface area contributed by atoms with Gasteiger partial charge in [0.1, 0.15) is 16.7 Å². The molecule has 0 bridgehead atoms. The second-order valence-electron chi connectivity index (χ2n) is 8.83. The second kappa shape index (κ2) is 9.58. The van der Waals surface area contributed by atoms with Crippen LogP contribution in [0.1, 0.15) is 44.1 Å². The Labute approximate surface area is 197 Å². The minimum Gasteiger partial charge on any atom is -0.404 e. The molecule has 1 aliphatic heterocycles. The lowest BCUT2D eigenvalue weighted by Crippen LogP contribution is -2.48. The first kappa shape index (κ1) is 24.5. The van der Waals surface area contributed by atoms with Gasteiger partial charge in [0.25, 0.3) is 0 Å². The molecule has 1 amide bonds. The lowest BCUT2D eigenvalue weighted by atomic mass is 9.84. The highest BCUT2D eigenvalue weighted by Gasteiger charge is 2.43. The van der Waals surface area contributed by atoms with Crippen molar-refractivity contribution in [2.75, 3.05) is 11.9 Å². The van der Waals surface area contributed by atoms with E-state index in [4.69, 9.17) is 0 Å². The Morgan fingerprint density at radius 3 is 2.35 bits per heavy atom. The zero-order valence-electron chi connectivity index (χ0n) is 18.8. The van der Waals surface area contributed by atoms with Crippen molar-refractivity contribution in [1.29, 1.82) is 0 Å². The maximum Gasteiger partial charge on any atom is 0.573 e. The number of fused-ring (bicyclic) bond motifs is 1. The number of nitrogens with zero attached hydrogens (tertiary/aromatic N) is 2. The molecule has 1 unspecified atom stereocenters. The highest BCUT2D eigenvalue weighted by atomic mass is 32.2. The number of anilines is 1. The van der Waals surface area contributed by atoms with Crippen molar-refractivity contribution in [2.24, 2.45) is 5.92 Å². The molecule has 1 fully saturated rings. The van der Waals surface area contributed by atoms with Crippen molar-refractivity contribution in [3.8, 4) is 5.75 Å². The van der Waals surface area contributed by atoms with Crippen LogP contribution in [0.15, 0.2) is 53.4 Å². The summed E-state index contributed by atoms with van der Waals surface area (Å²) in [5.41, 5.74) is 1.18. The van der Waals surface area contributed by atoms with Crippen molar-refractivity contribution in [3.63, 3.8) is 0 Å². The Hall–Kier alpha value is -2.59. The number of hydrogen-bond donors (Lipinski definition) is 0. The molecule has 0 radical (unpaired) electrons. The van der Waals surface area contributed by atoms with E-state index in [2.05, 4.69) is 4.74 Å². The van der Waals surface area contributed by atoms with Crippen molar-refractivity contribution >= 4 is 21.6 Å². The minimum atomic E-state index is -5.06. The fraction of sp³-hybridized carbons (Fsp3) is 0.458. The zero-order valence-corrected chi connectivity index (χ0v) is 19.6. The summed E-state index contributed by atoms with van der Waals surface area (Å²) < 4.78 is 71.9. The molecule has 4 rings (SSSR count). The van der Waals surface area contributed by atoms with E-state index in [0.29, 0.717) is 17.7 Å². The predicted molar refractivity (Wildman–Crippen MR) is 121 cm³/mol. The molecular weight excluding hydrogens is 469 g/mol. The van der Waals surface area contributed by atoms with Gasteiger partial charge in [-0.05, 0) is 36.1 Å². The summed E-state index contributed by atoms with van der Waals surface area (Å²) in [6.07, 6.45) is 0.162. The number of amides is 1. The van der Waals surface area contributed by atoms with Crippen molar-refractivity contribution in [1.82, 2.24) is 4.31 Å². The first-order chi connectivity index (χ1) is 16.1. The molecule has 2 aromatic carbocycles. The normalized spacial score (nSPS) is 20.6. The number of hydrogen-bond acceptors (Lipinski definition) is 4. The SMILES string of the molecule is CN1C(=O)C(CC2CCCCC2)N(S(=O)(=O)c2ccccc2OC(F)(F)F)Cc2ccccc21. The second-order valence-corrected chi connectivity index (χ2v) is 10.7. The molecule has 0 N–H and O–H groups in total. The quantitative estimate of drug-likeness (QED) is 0.578. The summed E-state index contributed by atoms with van der Waals surface area (Å²) in [4.78, 5) is 14.4. The number of likely N-dealkylation sites (N-methyl/N-ethyl adjacent to an activating group) is 1. The smallest absolute Gasteiger partial charge is 0.404 e. The number of halogens is 3. The number of carbonyl (C=O) groups is 1. The summed E-state index contributed by atoms with van der Waals surface area (Å²) in [5, 5.41) is 0. The molecule has 0 saturated heterocycles. The van der Waals surface area contributed by atoms with E-state index >= 15 is 0 Å². The summed E-state index contributed by atoms with van der Waals surface area (Å²) in [7, 11) is -2.92. The van der Waals surface area contributed by atoms with E-state index in [1.807, 2.05) is 0 Å². The molecule has 34 heavy (non-hydrogen) atoms. The van der Waals surface area contributed by atoms with Crippen LogP contribution in [0.25, 0.3) is 0 Å². The van der Waals surface area contributed by atoms with Crippen molar-refractivity contribution < 1.29 is 31.1 Å². The van der Waals surface area contributed by atoms with E-state index in [0.717, 1.165) is 48.5 Å². The third-order valence-electron chi connectivity index (χ3n) is 6.59. The highest BCUT2D eigenvalue weighted by molar-refractivity contribution is 7.89. The van der Waals surface area contributed by atoms with Gasteiger partial charge in [0.05, 0.1) is 0 Å². The molecule has 0 spiro atoms. The molecule has 10 heteroatoms. The molecule has 1 aliphatic carbocycles. The van der Waals surface area contributed by atoms with Gasteiger partial charge in [-0.1, -0.05) is 62.4 Å². The van der Waals surface area contributed by atoms with Gasteiger partial charge in [-0.25, -0.2) is 8.42 Å². The number of benzene rings is 2. The summed E-state index contributed by atoms with van der Waals surface area (Å²) in [6, 6.07) is 10.6. The largest absolute Gasteiger partial charge is 0.573 e. The van der Waals surface area contributed by atoms with Crippen LogP contribution in [0.2, 0.25) is 0 Å². The van der Waals surface area contributed by atoms with Crippen molar-refractivity contribution in [2.45, 2.75) is 62.4 Å². The lowest BCUT2D eigenvalue weighted by Gasteiger charge is -2.33. The molecule has 0 aromatic heterocycles. The fourth-order valence-corrected chi connectivity index (χ4v) is 6.61. The standard InChI is InChI=1S/C24H27F3N2O4S/c1-28-19-12-6-5-11-18(19)16-29(20(23(28)30)15-17-9-3-2-4-10-17)34(31,32)22-14-8-7-13-21(22)33-24(25,26)27/h5-8,11-14,17,20H,2-4,9-10,15-16H2,1H3. The van der Waals surface area contributed by atoms with Crippen LogP contribution >= 0.6 is 0 Å². The molecule has 1 atom stereocenters. The van der Waals surface area contributed by atoms with Gasteiger partial charge in [-0.3, -0.25) is 4.79 Å². The van der Waals surface area contributed by atoms with Gasteiger partial charge in [0.15, 0.2) is 0 Å². The van der Waals surface area contributed by atoms with Gasteiger partial charge in [-0.2, -0.15) is 4.31 Å². The average Bonchev–Trinajstić information content (AvgIpc) is 2.90. The molecular formula is C24H27F3N2O4S. The number of carbonyl (C=O) groups excluding carboxylic acids is 1. The molecule has 2 aromatic rings. The van der Waals surface area contributed by atoms with E-state index in [9.17, 15) is 26.4 Å². The van der Waals surface area contributed by atoms with E-state index in [-0.39, 0.29) is 12.5 Å². The van der Waals surface area contributed by atoms with E-state index in [1.165, 1.54) is 17.0 Å². The predicted octanol–water partition coefficient (Wildman–Crippen LogP) is 5.09. The third-order valence-corrected chi connectivity index (χ3v) is 8.48. The van der Waals surface area contributed by atoms with Crippen LogP contribution in [0.5, 0.6) is 5.75 Å². The first-order valence-electron chi connectivity index (χ1n) is 11.3. The zero-order chi connectivity index (χ0) is 24.5. The maximum atomic E-state index is 13.9. The number of para-hydroxylation sites is 2. The van der Waals surface area contributed by atoms with Gasteiger partial charge >= 0.3 is 6.36 Å². The van der Waals surface area contributed by atoms with Crippen LogP contribution in [0.4, 0.5) is 18.9 Å². The Bertz CT molecular complexity index is 1150. The topological polar surface area (TPSA) is 66.9 Å². The lowest BCUT2D eigenvalue weighted by molar-refractivity contribution is -0.275. The average molecular weight is 497 g/mol.